The fourth-order valence-electron chi connectivity index (χ4n) is 4.67. The molecule has 2 aliphatic heterocycles. The third-order valence-corrected chi connectivity index (χ3v) is 6.70. The number of nitrogens with zero attached hydrogens (tertiary/aromatic N) is 4. The molecule has 3 heterocycles. The fraction of sp³-hybridized carbons (Fsp3) is 0.545. The first-order valence-electron chi connectivity index (χ1n) is 10.1. The Morgan fingerprint density at radius 2 is 1.67 bits per heavy atom. The lowest BCUT2D eigenvalue weighted by atomic mass is 9.83. The molecule has 2 fully saturated rings. The predicted octanol–water partition coefficient (Wildman–Crippen LogP) is 4.49. The van der Waals surface area contributed by atoms with E-state index in [4.69, 9.17) is 11.6 Å². The Morgan fingerprint density at radius 3 is 2.41 bits per heavy atom. The van der Waals surface area contributed by atoms with Crippen LogP contribution < -0.4 is 4.90 Å². The van der Waals surface area contributed by atoms with Crippen LogP contribution in [0.15, 0.2) is 30.6 Å². The van der Waals surface area contributed by atoms with Crippen LogP contribution in [0, 0.1) is 25.7 Å². The molecule has 0 amide bonds. The molecule has 0 aliphatic carbocycles. The highest BCUT2D eigenvalue weighted by atomic mass is 35.5. The van der Waals surface area contributed by atoms with E-state index in [1.165, 1.54) is 43.5 Å². The van der Waals surface area contributed by atoms with Gasteiger partial charge in [-0.25, -0.2) is 9.97 Å². The highest BCUT2D eigenvalue weighted by Gasteiger charge is 2.32. The minimum atomic E-state index is 0.818. The average molecular weight is 385 g/mol. The molecule has 0 bridgehead atoms. The summed E-state index contributed by atoms with van der Waals surface area (Å²) in [6, 6.07) is 8.30. The van der Waals surface area contributed by atoms with Crippen LogP contribution >= 0.6 is 11.6 Å². The Balaban J connectivity index is 1.30. The Morgan fingerprint density at radius 1 is 0.963 bits per heavy atom. The van der Waals surface area contributed by atoms with Crippen LogP contribution in [0.2, 0.25) is 5.02 Å². The second-order valence-electron chi connectivity index (χ2n) is 8.14. The van der Waals surface area contributed by atoms with Gasteiger partial charge in [-0.15, -0.1) is 0 Å². The summed E-state index contributed by atoms with van der Waals surface area (Å²) in [6.07, 6.45) is 5.60. The van der Waals surface area contributed by atoms with Crippen LogP contribution in [0.4, 0.5) is 5.82 Å². The van der Waals surface area contributed by atoms with E-state index in [0.29, 0.717) is 0 Å². The number of benzene rings is 1. The summed E-state index contributed by atoms with van der Waals surface area (Å²) in [5.74, 6) is 2.82. The highest BCUT2D eigenvalue weighted by molar-refractivity contribution is 6.30. The van der Waals surface area contributed by atoms with Gasteiger partial charge in [-0.3, -0.25) is 4.90 Å². The van der Waals surface area contributed by atoms with Crippen LogP contribution in [0.1, 0.15) is 36.1 Å². The summed E-state index contributed by atoms with van der Waals surface area (Å²) in [5.41, 5.74) is 3.69. The molecule has 0 saturated carbocycles. The Hall–Kier alpha value is -1.65. The molecule has 27 heavy (non-hydrogen) atoms. The van der Waals surface area contributed by atoms with Gasteiger partial charge >= 0.3 is 0 Å². The molecule has 0 spiro atoms. The second kappa shape index (κ2) is 8.15. The van der Waals surface area contributed by atoms with Crippen molar-refractivity contribution in [2.75, 3.05) is 31.1 Å². The number of hydrogen-bond acceptors (Lipinski definition) is 4. The van der Waals surface area contributed by atoms with E-state index < -0.39 is 0 Å². The van der Waals surface area contributed by atoms with E-state index in [1.807, 2.05) is 12.1 Å². The minimum Gasteiger partial charge on any atom is -0.356 e. The summed E-state index contributed by atoms with van der Waals surface area (Å²) in [7, 11) is 0. The number of piperidine rings is 1. The number of aryl methyl sites for hydroxylation is 1. The van der Waals surface area contributed by atoms with Crippen LogP contribution in [0.3, 0.4) is 0 Å². The molecule has 2 aliphatic rings. The molecule has 4 nitrogen and oxygen atoms in total. The fourth-order valence-corrected chi connectivity index (χ4v) is 4.79. The van der Waals surface area contributed by atoms with E-state index in [0.717, 1.165) is 48.0 Å². The Labute approximate surface area is 167 Å². The lowest BCUT2D eigenvalue weighted by molar-refractivity contribution is 0.252. The van der Waals surface area contributed by atoms with Gasteiger partial charge in [0.05, 0.1) is 0 Å². The normalized spacial score (nSPS) is 21.7. The van der Waals surface area contributed by atoms with Crippen molar-refractivity contribution in [1.82, 2.24) is 14.9 Å². The lowest BCUT2D eigenvalue weighted by Gasteiger charge is -2.36. The maximum atomic E-state index is 6.00. The molecular weight excluding hydrogens is 356 g/mol. The van der Waals surface area contributed by atoms with E-state index in [1.54, 1.807) is 6.33 Å². The molecular formula is C22H29ClN4. The zero-order valence-electron chi connectivity index (χ0n) is 16.4. The molecule has 1 aromatic heterocycles. The van der Waals surface area contributed by atoms with Gasteiger partial charge in [0.2, 0.25) is 0 Å². The van der Waals surface area contributed by atoms with Crippen molar-refractivity contribution in [3.63, 3.8) is 0 Å². The van der Waals surface area contributed by atoms with Crippen LogP contribution in [0.5, 0.6) is 0 Å². The zero-order chi connectivity index (χ0) is 18.8. The first kappa shape index (κ1) is 18.7. The molecule has 0 radical (unpaired) electrons. The maximum Gasteiger partial charge on any atom is 0.135 e. The highest BCUT2D eigenvalue weighted by Crippen LogP contribution is 2.34. The van der Waals surface area contributed by atoms with Crippen molar-refractivity contribution in [2.45, 2.75) is 39.7 Å². The number of anilines is 1. The van der Waals surface area contributed by atoms with E-state index in [-0.39, 0.29) is 0 Å². The topological polar surface area (TPSA) is 32.3 Å². The number of likely N-dealkylation sites (tertiary alicyclic amines) is 1. The van der Waals surface area contributed by atoms with Gasteiger partial charge in [0.1, 0.15) is 12.1 Å². The third kappa shape index (κ3) is 4.27. The van der Waals surface area contributed by atoms with Crippen molar-refractivity contribution in [1.29, 1.82) is 0 Å². The van der Waals surface area contributed by atoms with E-state index in [2.05, 4.69) is 45.7 Å². The summed E-state index contributed by atoms with van der Waals surface area (Å²) in [6.45, 7) is 9.96. The molecule has 5 heteroatoms. The summed E-state index contributed by atoms with van der Waals surface area (Å²) in [4.78, 5) is 13.9. The van der Waals surface area contributed by atoms with Crippen LogP contribution in [-0.2, 0) is 6.54 Å². The first-order valence-corrected chi connectivity index (χ1v) is 10.5. The van der Waals surface area contributed by atoms with Gasteiger partial charge in [-0.1, -0.05) is 23.7 Å². The number of halogens is 1. The minimum absolute atomic E-state index is 0.818. The Kier molecular flexibility index (Phi) is 5.65. The lowest BCUT2D eigenvalue weighted by Crippen LogP contribution is -2.37. The summed E-state index contributed by atoms with van der Waals surface area (Å²) in [5, 5.41) is 0.818. The monoisotopic (exact) mass is 384 g/mol. The second-order valence-corrected chi connectivity index (χ2v) is 8.58. The molecule has 1 aromatic carbocycles. The third-order valence-electron chi connectivity index (χ3n) is 6.44. The molecule has 0 N–H and O–H groups in total. The van der Waals surface area contributed by atoms with Crippen molar-refractivity contribution in [3.8, 4) is 0 Å². The molecule has 2 saturated heterocycles. The van der Waals surface area contributed by atoms with Crippen molar-refractivity contribution in [3.05, 3.63) is 52.4 Å². The van der Waals surface area contributed by atoms with Gasteiger partial charge in [-0.2, -0.15) is 0 Å². The standard InChI is InChI=1S/C22H29ClN4/c1-16-17(2)24-15-25-22(16)27-11-8-19(9-12-27)20-7-10-26(14-20)13-18-3-5-21(23)6-4-18/h3-6,15,19-20H,7-14H2,1-2H3/t20-/m0/s1. The first-order chi connectivity index (χ1) is 13.1. The summed E-state index contributed by atoms with van der Waals surface area (Å²) < 4.78 is 0. The maximum absolute atomic E-state index is 6.00. The van der Waals surface area contributed by atoms with Gasteiger partial charge in [0.25, 0.3) is 0 Å². The number of aromatic nitrogens is 2. The number of hydrogen-bond donors (Lipinski definition) is 0. The van der Waals surface area contributed by atoms with Crippen molar-refractivity contribution in [2.24, 2.45) is 11.8 Å². The van der Waals surface area contributed by atoms with Crippen molar-refractivity contribution < 1.29 is 0 Å². The molecule has 2 aromatic rings. The molecule has 144 valence electrons. The number of rotatable bonds is 4. The average Bonchev–Trinajstić information content (AvgIpc) is 3.15. The zero-order valence-corrected chi connectivity index (χ0v) is 17.1. The van der Waals surface area contributed by atoms with Gasteiger partial charge in [-0.05, 0) is 69.2 Å². The molecule has 4 rings (SSSR count). The van der Waals surface area contributed by atoms with Gasteiger partial charge in [0, 0.05) is 42.5 Å². The van der Waals surface area contributed by atoms with Crippen LogP contribution in [0.25, 0.3) is 0 Å². The quantitative estimate of drug-likeness (QED) is 0.777. The summed E-state index contributed by atoms with van der Waals surface area (Å²) >= 11 is 6.00. The largest absolute Gasteiger partial charge is 0.356 e. The van der Waals surface area contributed by atoms with Crippen LogP contribution in [-0.4, -0.2) is 41.0 Å². The molecule has 1 atom stereocenters. The molecule has 0 unspecified atom stereocenters. The predicted molar refractivity (Wildman–Crippen MR) is 111 cm³/mol. The van der Waals surface area contributed by atoms with Crippen molar-refractivity contribution >= 4 is 17.4 Å². The Bertz CT molecular complexity index is 768. The smallest absolute Gasteiger partial charge is 0.135 e. The SMILES string of the molecule is Cc1ncnc(N2CCC([C@H]3CCN(Cc4ccc(Cl)cc4)C3)CC2)c1C. The van der Waals surface area contributed by atoms with E-state index in [9.17, 15) is 0 Å². The van der Waals surface area contributed by atoms with Gasteiger partial charge < -0.3 is 4.90 Å². The van der Waals surface area contributed by atoms with E-state index >= 15 is 0 Å². The van der Waals surface area contributed by atoms with Gasteiger partial charge in [0.15, 0.2) is 0 Å².